The maximum atomic E-state index is 13.0. The number of carbonyl (C=O) groups is 1. The maximum absolute atomic E-state index is 13.0. The van der Waals surface area contributed by atoms with E-state index in [-0.39, 0.29) is 24.4 Å². The van der Waals surface area contributed by atoms with E-state index in [9.17, 15) is 26.7 Å². The molecule has 190 valence electrons. The van der Waals surface area contributed by atoms with Crippen LogP contribution in [0.5, 0.6) is 0 Å². The van der Waals surface area contributed by atoms with Crippen molar-refractivity contribution in [1.29, 1.82) is 0 Å². The van der Waals surface area contributed by atoms with E-state index in [4.69, 9.17) is 20.3 Å². The molecule has 0 aliphatic carbocycles. The van der Waals surface area contributed by atoms with Crippen LogP contribution in [0.2, 0.25) is 0 Å². The fourth-order valence-electron chi connectivity index (χ4n) is 2.99. The summed E-state index contributed by atoms with van der Waals surface area (Å²) in [5.74, 6) is -2.36. The third kappa shape index (κ3) is 5.77. The number of aryl methyl sites for hydroxylation is 1. The predicted molar refractivity (Wildman–Crippen MR) is 113 cm³/mol. The number of halogens is 5. The first kappa shape index (κ1) is 26.1. The second-order valence-corrected chi connectivity index (χ2v) is 7.16. The van der Waals surface area contributed by atoms with Crippen LogP contribution < -0.4 is 11.4 Å². The van der Waals surface area contributed by atoms with Crippen molar-refractivity contribution in [3.8, 4) is 16.9 Å². The molecule has 0 spiro atoms. The van der Waals surface area contributed by atoms with Crippen LogP contribution in [0.1, 0.15) is 11.4 Å². The molecule has 0 saturated carbocycles. The number of rotatable bonds is 5. The number of H-pyrrole nitrogens is 1. The Morgan fingerprint density at radius 2 is 1.83 bits per heavy atom. The zero-order valence-corrected chi connectivity index (χ0v) is 18.2. The number of aliphatic carboxylic acids is 1. The second-order valence-electron chi connectivity index (χ2n) is 7.16. The molecule has 16 heteroatoms. The minimum atomic E-state index is -5.08. The number of nitrogens with zero attached hydrogens (tertiary/aromatic N) is 5. The first-order valence-electron chi connectivity index (χ1n) is 9.81. The van der Waals surface area contributed by atoms with Crippen molar-refractivity contribution < 1.29 is 36.5 Å². The van der Waals surface area contributed by atoms with Gasteiger partial charge in [-0.25, -0.2) is 28.9 Å². The van der Waals surface area contributed by atoms with E-state index >= 15 is 0 Å². The number of fused-ring (bicyclic) bond motifs is 1. The topological polar surface area (TPSA) is 166 Å². The average molecular weight is 513 g/mol. The van der Waals surface area contributed by atoms with E-state index in [0.29, 0.717) is 22.4 Å². The zero-order chi connectivity index (χ0) is 26.6. The van der Waals surface area contributed by atoms with Gasteiger partial charge in [-0.1, -0.05) is 6.07 Å². The Bertz CT molecular complexity index is 1490. The molecule has 0 atom stereocenters. The van der Waals surface area contributed by atoms with Crippen molar-refractivity contribution in [2.45, 2.75) is 19.5 Å². The van der Waals surface area contributed by atoms with Gasteiger partial charge in [0.25, 0.3) is 6.08 Å². The van der Waals surface area contributed by atoms with E-state index in [1.807, 2.05) is 12.1 Å². The van der Waals surface area contributed by atoms with Gasteiger partial charge in [0.2, 0.25) is 0 Å². The van der Waals surface area contributed by atoms with Crippen LogP contribution >= 0.6 is 0 Å². The standard InChI is InChI=1S/C18H15F2N7O2.C2HF3O2/c1-9-4-12(10-2-3-13-14(5-10)26-29-25-13)8-22-17(9)27-15(23-24-18(27)28)6-11(7-21)16(19)20;3-2(4,5)1(6)7/h2-5,8H,6-7,21H2,1H3,(H,24,28);(H,6,7). The molecule has 0 amide bonds. The van der Waals surface area contributed by atoms with Gasteiger partial charge in [0.1, 0.15) is 22.7 Å². The lowest BCUT2D eigenvalue weighted by molar-refractivity contribution is -0.192. The molecule has 0 radical (unpaired) electrons. The summed E-state index contributed by atoms with van der Waals surface area (Å²) in [6.07, 6.45) is -5.65. The lowest BCUT2D eigenvalue weighted by atomic mass is 10.1. The van der Waals surface area contributed by atoms with Gasteiger partial charge in [-0.2, -0.15) is 27.1 Å². The van der Waals surface area contributed by atoms with Crippen molar-refractivity contribution in [2.75, 3.05) is 6.54 Å². The van der Waals surface area contributed by atoms with Crippen LogP contribution in [0.25, 0.3) is 28.0 Å². The number of aromatic nitrogens is 6. The largest absolute Gasteiger partial charge is 0.490 e. The number of nitrogens with one attached hydrogen (secondary N) is 1. The summed E-state index contributed by atoms with van der Waals surface area (Å²) < 4.78 is 63.6. The van der Waals surface area contributed by atoms with Crippen LogP contribution in [0.15, 0.2) is 51.5 Å². The number of nitrogens with two attached hydrogens (primary N) is 1. The molecule has 0 bridgehead atoms. The minimum absolute atomic E-state index is 0.0988. The molecule has 0 saturated heterocycles. The van der Waals surface area contributed by atoms with E-state index in [2.05, 4.69) is 25.5 Å². The number of aromatic amines is 1. The SMILES string of the molecule is Cc1cc(-c2ccc3nonc3c2)cnc1-n1c(CC(CN)=C(F)F)n[nH]c1=O.O=C(O)C(F)(F)F. The van der Waals surface area contributed by atoms with Crippen LogP contribution in [0, 0.1) is 6.92 Å². The molecule has 4 rings (SSSR count). The van der Waals surface area contributed by atoms with E-state index in [1.54, 1.807) is 25.3 Å². The normalized spacial score (nSPS) is 11.2. The molecule has 0 aliphatic heterocycles. The number of pyridine rings is 1. The van der Waals surface area contributed by atoms with Crippen LogP contribution in [0.4, 0.5) is 22.0 Å². The highest BCUT2D eigenvalue weighted by molar-refractivity contribution is 5.80. The minimum Gasteiger partial charge on any atom is -0.475 e. The highest BCUT2D eigenvalue weighted by atomic mass is 19.4. The predicted octanol–water partition coefficient (Wildman–Crippen LogP) is 2.75. The molecule has 4 N–H and O–H groups in total. The van der Waals surface area contributed by atoms with Gasteiger partial charge in [-0.05, 0) is 46.6 Å². The van der Waals surface area contributed by atoms with Crippen molar-refractivity contribution in [3.05, 3.63) is 64.0 Å². The molecular formula is C20H16F5N7O4. The summed E-state index contributed by atoms with van der Waals surface area (Å²) in [4.78, 5) is 25.5. The van der Waals surface area contributed by atoms with Crippen molar-refractivity contribution in [2.24, 2.45) is 5.73 Å². The Labute approximate surface area is 197 Å². The summed E-state index contributed by atoms with van der Waals surface area (Å²) in [5, 5.41) is 20.8. The number of carboxylic acids is 1. The molecule has 0 aliphatic rings. The molecule has 3 aromatic heterocycles. The molecule has 3 heterocycles. The van der Waals surface area contributed by atoms with E-state index < -0.39 is 23.9 Å². The first-order chi connectivity index (χ1) is 16.9. The quantitative estimate of drug-likeness (QED) is 0.340. The highest BCUT2D eigenvalue weighted by Gasteiger charge is 2.38. The summed E-state index contributed by atoms with van der Waals surface area (Å²) in [6.45, 7) is 1.43. The van der Waals surface area contributed by atoms with Gasteiger partial charge in [0.05, 0.1) is 0 Å². The number of hydrogen-bond donors (Lipinski definition) is 3. The number of benzene rings is 1. The Kier molecular flexibility index (Phi) is 7.57. The summed E-state index contributed by atoms with van der Waals surface area (Å²) in [7, 11) is 0. The van der Waals surface area contributed by atoms with Gasteiger partial charge in [-0.3, -0.25) is 0 Å². The zero-order valence-electron chi connectivity index (χ0n) is 18.2. The van der Waals surface area contributed by atoms with Gasteiger partial charge in [-0.15, -0.1) is 0 Å². The fourth-order valence-corrected chi connectivity index (χ4v) is 2.99. The second kappa shape index (κ2) is 10.4. The third-order valence-electron chi connectivity index (χ3n) is 4.72. The Morgan fingerprint density at radius 3 is 2.42 bits per heavy atom. The lowest BCUT2D eigenvalue weighted by Crippen LogP contribution is -2.21. The molecule has 1 aromatic carbocycles. The van der Waals surface area contributed by atoms with Crippen LogP contribution in [0.3, 0.4) is 0 Å². The van der Waals surface area contributed by atoms with Crippen molar-refractivity contribution >= 4 is 17.0 Å². The summed E-state index contributed by atoms with van der Waals surface area (Å²) in [5.41, 5.74) is 8.01. The smallest absolute Gasteiger partial charge is 0.475 e. The number of alkyl halides is 3. The maximum Gasteiger partial charge on any atom is 0.490 e. The van der Waals surface area contributed by atoms with Crippen molar-refractivity contribution in [3.63, 3.8) is 0 Å². The number of hydrogen-bond acceptors (Lipinski definition) is 8. The van der Waals surface area contributed by atoms with E-state index in [1.165, 1.54) is 4.57 Å². The monoisotopic (exact) mass is 513 g/mol. The Balaban J connectivity index is 0.000000454. The van der Waals surface area contributed by atoms with Gasteiger partial charge in [0, 0.05) is 30.3 Å². The summed E-state index contributed by atoms with van der Waals surface area (Å²) in [6, 6.07) is 7.26. The average Bonchev–Trinajstić information content (AvgIpc) is 3.42. The van der Waals surface area contributed by atoms with E-state index in [0.717, 1.165) is 11.1 Å². The number of carboxylic acid groups (broad SMARTS) is 1. The highest BCUT2D eigenvalue weighted by Crippen LogP contribution is 2.25. The molecular weight excluding hydrogens is 497 g/mol. The molecule has 0 unspecified atom stereocenters. The van der Waals surface area contributed by atoms with Crippen LogP contribution in [-0.2, 0) is 11.2 Å². The summed E-state index contributed by atoms with van der Waals surface area (Å²) >= 11 is 0. The first-order valence-corrected chi connectivity index (χ1v) is 9.81. The van der Waals surface area contributed by atoms with Gasteiger partial charge < -0.3 is 10.8 Å². The molecule has 0 fully saturated rings. The molecule has 4 aromatic rings. The van der Waals surface area contributed by atoms with Crippen LogP contribution in [-0.4, -0.2) is 53.9 Å². The van der Waals surface area contributed by atoms with Gasteiger partial charge >= 0.3 is 17.8 Å². The fraction of sp³-hybridized carbons (Fsp3) is 0.200. The lowest BCUT2D eigenvalue weighted by Gasteiger charge is -2.10. The van der Waals surface area contributed by atoms with Gasteiger partial charge in [0.15, 0.2) is 0 Å². The Morgan fingerprint density at radius 1 is 1.17 bits per heavy atom. The molecule has 11 nitrogen and oxygen atoms in total. The van der Waals surface area contributed by atoms with Crippen molar-refractivity contribution in [1.82, 2.24) is 30.1 Å². The molecule has 36 heavy (non-hydrogen) atoms. The Hall–Kier alpha value is -4.47. The third-order valence-corrected chi connectivity index (χ3v) is 4.72.